The Balaban J connectivity index is 1.80. The molecule has 0 saturated carbocycles. The lowest BCUT2D eigenvalue weighted by Crippen LogP contribution is -2.39. The lowest BCUT2D eigenvalue weighted by molar-refractivity contribution is -0.128. The molecule has 0 radical (unpaired) electrons. The highest BCUT2D eigenvalue weighted by atomic mass is 19.1. The van der Waals surface area contributed by atoms with Crippen LogP contribution in [-0.2, 0) is 14.3 Å². The molecule has 0 unspecified atom stereocenters. The first-order valence-electron chi connectivity index (χ1n) is 6.90. The summed E-state index contributed by atoms with van der Waals surface area (Å²) < 4.78 is 19.0. The molecule has 3 aliphatic rings. The number of fused-ring (bicyclic) bond motifs is 5. The third-order valence-electron chi connectivity index (χ3n) is 4.81. The van der Waals surface area contributed by atoms with Crippen LogP contribution in [0.15, 0.2) is 36.4 Å². The molecule has 0 spiro atoms. The topological polar surface area (TPSA) is 46.6 Å². The van der Waals surface area contributed by atoms with E-state index in [-0.39, 0.29) is 11.8 Å². The molecule has 1 aromatic carbocycles. The second kappa shape index (κ2) is 3.60. The summed E-state index contributed by atoms with van der Waals surface area (Å²) in [6.45, 7) is 3.66. The predicted molar refractivity (Wildman–Crippen MR) is 72.9 cm³/mol. The van der Waals surface area contributed by atoms with Gasteiger partial charge < -0.3 is 4.74 Å². The highest BCUT2D eigenvalue weighted by Crippen LogP contribution is 2.57. The number of nitrogens with zero attached hydrogens (tertiary/aromatic N) is 1. The van der Waals surface area contributed by atoms with E-state index >= 15 is 0 Å². The van der Waals surface area contributed by atoms with Crippen LogP contribution in [-0.4, -0.2) is 23.0 Å². The summed E-state index contributed by atoms with van der Waals surface area (Å²) in [5, 5.41) is 0. The molecule has 1 aromatic rings. The highest BCUT2D eigenvalue weighted by Gasteiger charge is 2.70. The van der Waals surface area contributed by atoms with Crippen molar-refractivity contribution in [3.63, 3.8) is 0 Å². The van der Waals surface area contributed by atoms with Gasteiger partial charge in [-0.15, -0.1) is 0 Å². The molecule has 2 amide bonds. The van der Waals surface area contributed by atoms with Crippen LogP contribution >= 0.6 is 0 Å². The summed E-state index contributed by atoms with van der Waals surface area (Å²) in [5.41, 5.74) is -1.06. The number of carbonyl (C=O) groups excluding carboxylic acids is 2. The Kier molecular flexibility index (Phi) is 2.18. The SMILES string of the molecule is C[C@@]12C=C[C@](C)(O1)[C@H]1C(=O)N(c3ccc(F)cc3)C(=O)[C@H]12. The van der Waals surface area contributed by atoms with Gasteiger partial charge in [-0.2, -0.15) is 0 Å². The van der Waals surface area contributed by atoms with Gasteiger partial charge in [-0.05, 0) is 38.1 Å². The zero-order valence-corrected chi connectivity index (χ0v) is 11.7. The Labute approximate surface area is 121 Å². The van der Waals surface area contributed by atoms with Crippen molar-refractivity contribution < 1.29 is 18.7 Å². The van der Waals surface area contributed by atoms with Crippen molar-refractivity contribution >= 4 is 17.5 Å². The van der Waals surface area contributed by atoms with Crippen LogP contribution in [0.1, 0.15) is 13.8 Å². The van der Waals surface area contributed by atoms with Gasteiger partial charge in [-0.1, -0.05) is 12.2 Å². The van der Waals surface area contributed by atoms with E-state index in [0.717, 1.165) is 0 Å². The van der Waals surface area contributed by atoms with Crippen LogP contribution in [0.4, 0.5) is 10.1 Å². The Morgan fingerprint density at radius 1 is 1.00 bits per heavy atom. The van der Waals surface area contributed by atoms with E-state index in [4.69, 9.17) is 4.74 Å². The second-order valence-electron chi connectivity index (χ2n) is 6.25. The predicted octanol–water partition coefficient (Wildman–Crippen LogP) is 2.05. The van der Waals surface area contributed by atoms with E-state index in [1.165, 1.54) is 29.2 Å². The zero-order chi connectivity index (χ0) is 15.0. The molecule has 0 aromatic heterocycles. The molecule has 4 atom stereocenters. The number of amides is 2. The molecule has 4 nitrogen and oxygen atoms in total. The maximum Gasteiger partial charge on any atom is 0.241 e. The van der Waals surface area contributed by atoms with Gasteiger partial charge in [-0.25, -0.2) is 9.29 Å². The average Bonchev–Trinajstić information content (AvgIpc) is 2.97. The normalized spacial score (nSPS) is 40.2. The minimum Gasteiger partial charge on any atom is -0.359 e. The fourth-order valence-electron chi connectivity index (χ4n) is 3.88. The Morgan fingerprint density at radius 2 is 1.48 bits per heavy atom. The summed E-state index contributed by atoms with van der Waals surface area (Å²) in [6.07, 6.45) is 3.74. The largest absolute Gasteiger partial charge is 0.359 e. The first-order valence-corrected chi connectivity index (χ1v) is 6.90. The van der Waals surface area contributed by atoms with Crippen molar-refractivity contribution in [3.8, 4) is 0 Å². The molecule has 2 fully saturated rings. The van der Waals surface area contributed by atoms with E-state index in [1.54, 1.807) is 0 Å². The minimum absolute atomic E-state index is 0.271. The zero-order valence-electron chi connectivity index (χ0n) is 11.7. The van der Waals surface area contributed by atoms with Crippen molar-refractivity contribution in [1.82, 2.24) is 0 Å². The number of halogens is 1. The molecule has 2 bridgehead atoms. The summed E-state index contributed by atoms with van der Waals surface area (Å²) in [5.74, 6) is -1.96. The van der Waals surface area contributed by atoms with Gasteiger partial charge in [0.2, 0.25) is 11.8 Å². The molecule has 108 valence electrons. The van der Waals surface area contributed by atoms with Gasteiger partial charge in [0.05, 0.1) is 28.7 Å². The lowest BCUT2D eigenvalue weighted by Gasteiger charge is -2.25. The number of carbonyl (C=O) groups is 2. The van der Waals surface area contributed by atoms with Crippen molar-refractivity contribution in [2.45, 2.75) is 25.0 Å². The van der Waals surface area contributed by atoms with Crippen LogP contribution in [0.25, 0.3) is 0 Å². The number of hydrogen-bond donors (Lipinski definition) is 0. The highest BCUT2D eigenvalue weighted by molar-refractivity contribution is 6.23. The molecule has 21 heavy (non-hydrogen) atoms. The lowest BCUT2D eigenvalue weighted by atomic mass is 9.73. The monoisotopic (exact) mass is 287 g/mol. The molecule has 4 rings (SSSR count). The maximum atomic E-state index is 13.0. The Bertz CT molecular complexity index is 662. The summed E-state index contributed by atoms with van der Waals surface area (Å²) in [4.78, 5) is 26.6. The van der Waals surface area contributed by atoms with Crippen LogP contribution < -0.4 is 4.90 Å². The van der Waals surface area contributed by atoms with Gasteiger partial charge in [0.15, 0.2) is 0 Å². The molecular weight excluding hydrogens is 273 g/mol. The molecule has 3 heterocycles. The van der Waals surface area contributed by atoms with E-state index in [9.17, 15) is 14.0 Å². The first kappa shape index (κ1) is 12.7. The minimum atomic E-state index is -0.735. The number of benzene rings is 1. The molecule has 2 saturated heterocycles. The number of rotatable bonds is 1. The number of anilines is 1. The smallest absolute Gasteiger partial charge is 0.241 e. The number of imide groups is 1. The van der Waals surface area contributed by atoms with Crippen molar-refractivity contribution in [3.05, 3.63) is 42.2 Å². The van der Waals surface area contributed by atoms with Gasteiger partial charge in [0.25, 0.3) is 0 Å². The summed E-state index contributed by atoms with van der Waals surface area (Å²) in [6, 6.07) is 5.40. The average molecular weight is 287 g/mol. The number of hydrogen-bond acceptors (Lipinski definition) is 3. The van der Waals surface area contributed by atoms with Crippen LogP contribution in [0.5, 0.6) is 0 Å². The van der Waals surface area contributed by atoms with E-state index in [2.05, 4.69) is 0 Å². The third kappa shape index (κ3) is 1.42. The third-order valence-corrected chi connectivity index (χ3v) is 4.81. The fourth-order valence-corrected chi connectivity index (χ4v) is 3.88. The van der Waals surface area contributed by atoms with E-state index in [0.29, 0.717) is 5.69 Å². The van der Waals surface area contributed by atoms with Gasteiger partial charge >= 0.3 is 0 Å². The van der Waals surface area contributed by atoms with Crippen LogP contribution in [0, 0.1) is 17.7 Å². The summed E-state index contributed by atoms with van der Waals surface area (Å²) in [7, 11) is 0. The van der Waals surface area contributed by atoms with Gasteiger partial charge in [0.1, 0.15) is 5.82 Å². The Morgan fingerprint density at radius 3 is 1.95 bits per heavy atom. The van der Waals surface area contributed by atoms with Crippen molar-refractivity contribution in [1.29, 1.82) is 0 Å². The number of ether oxygens (including phenoxy) is 1. The van der Waals surface area contributed by atoms with Crippen LogP contribution in [0.2, 0.25) is 0 Å². The second-order valence-corrected chi connectivity index (χ2v) is 6.25. The van der Waals surface area contributed by atoms with Gasteiger partial charge in [0, 0.05) is 0 Å². The fraction of sp³-hybridized carbons (Fsp3) is 0.375. The molecule has 5 heteroatoms. The van der Waals surface area contributed by atoms with Crippen molar-refractivity contribution in [2.75, 3.05) is 4.90 Å². The van der Waals surface area contributed by atoms with E-state index < -0.39 is 28.9 Å². The molecular formula is C16H14FNO3. The Hall–Kier alpha value is -2.01. The first-order chi connectivity index (χ1) is 9.86. The summed E-state index contributed by atoms with van der Waals surface area (Å²) >= 11 is 0. The standard InChI is InChI=1S/C16H14FNO3/c1-15-7-8-16(2,21-15)12-11(15)13(19)18(14(12)20)10-5-3-9(17)4-6-10/h3-8,11-12H,1-2H3/t11-,12+,15-,16-/m0/s1. The molecule has 3 aliphatic heterocycles. The van der Waals surface area contributed by atoms with Gasteiger partial charge in [-0.3, -0.25) is 9.59 Å². The molecule has 0 N–H and O–H groups in total. The van der Waals surface area contributed by atoms with Crippen LogP contribution in [0.3, 0.4) is 0 Å². The maximum absolute atomic E-state index is 13.0. The van der Waals surface area contributed by atoms with E-state index in [1.807, 2.05) is 26.0 Å². The quantitative estimate of drug-likeness (QED) is 0.586. The van der Waals surface area contributed by atoms with Crippen molar-refractivity contribution in [2.24, 2.45) is 11.8 Å². The molecule has 0 aliphatic carbocycles.